The van der Waals surface area contributed by atoms with Crippen LogP contribution in [0.3, 0.4) is 0 Å². The van der Waals surface area contributed by atoms with E-state index in [2.05, 4.69) is 27.8 Å². The van der Waals surface area contributed by atoms with Crippen LogP contribution in [0, 0.1) is 0 Å². The van der Waals surface area contributed by atoms with Crippen molar-refractivity contribution >= 4 is 39.1 Å². The summed E-state index contributed by atoms with van der Waals surface area (Å²) in [5.74, 6) is -0.0436. The summed E-state index contributed by atoms with van der Waals surface area (Å²) in [6.45, 7) is 3.56. The molecule has 0 aliphatic rings. The molecular weight excluding hydrogens is 277 g/mol. The first-order chi connectivity index (χ1) is 7.13. The van der Waals surface area contributed by atoms with Crippen molar-refractivity contribution in [1.82, 2.24) is 0 Å². The fourth-order valence-electron chi connectivity index (χ4n) is 1.04. The second kappa shape index (κ2) is 5.93. The first-order valence-corrected chi connectivity index (χ1v) is 5.66. The molecule has 4 heteroatoms. The van der Waals surface area contributed by atoms with Gasteiger partial charge in [0.2, 0.25) is 5.91 Å². The van der Waals surface area contributed by atoms with E-state index in [4.69, 9.17) is 11.6 Å². The van der Waals surface area contributed by atoms with Crippen molar-refractivity contribution in [3.05, 3.63) is 40.3 Å². The molecule has 0 spiro atoms. The predicted molar refractivity (Wildman–Crippen MR) is 67.2 cm³/mol. The highest BCUT2D eigenvalue weighted by atomic mass is 79.9. The molecule has 1 rings (SSSR count). The maximum Gasteiger partial charge on any atom is 0.224 e. The van der Waals surface area contributed by atoms with Crippen LogP contribution >= 0.6 is 27.5 Å². The molecular formula is C11H11BrClNO. The Labute approximate surface area is 102 Å². The molecule has 1 aromatic carbocycles. The molecule has 0 aliphatic heterocycles. The van der Waals surface area contributed by atoms with Gasteiger partial charge in [-0.1, -0.05) is 17.7 Å². The number of rotatable bonds is 4. The zero-order valence-corrected chi connectivity index (χ0v) is 10.4. The molecule has 1 N–H and O–H groups in total. The van der Waals surface area contributed by atoms with Gasteiger partial charge in [0.05, 0.1) is 5.69 Å². The Bertz CT molecular complexity index is 379. The van der Waals surface area contributed by atoms with Gasteiger partial charge in [-0.05, 0) is 40.5 Å². The number of benzene rings is 1. The minimum Gasteiger partial charge on any atom is -0.325 e. The molecule has 0 radical (unpaired) electrons. The van der Waals surface area contributed by atoms with Crippen molar-refractivity contribution in [2.45, 2.75) is 12.8 Å². The lowest BCUT2D eigenvalue weighted by Crippen LogP contribution is -2.11. The van der Waals surface area contributed by atoms with Crippen LogP contribution in [-0.2, 0) is 4.79 Å². The second-order valence-electron chi connectivity index (χ2n) is 3.00. The van der Waals surface area contributed by atoms with Gasteiger partial charge in [0, 0.05) is 15.9 Å². The van der Waals surface area contributed by atoms with Crippen LogP contribution in [-0.4, -0.2) is 5.91 Å². The molecule has 0 fully saturated rings. The van der Waals surface area contributed by atoms with Crippen LogP contribution in [0.25, 0.3) is 0 Å². The number of carbonyl (C=O) groups excluding carboxylic acids is 1. The number of hydrogen-bond acceptors (Lipinski definition) is 1. The quantitative estimate of drug-likeness (QED) is 0.833. The van der Waals surface area contributed by atoms with Gasteiger partial charge in [0.25, 0.3) is 0 Å². The highest BCUT2D eigenvalue weighted by molar-refractivity contribution is 9.10. The number of nitrogens with one attached hydrogen (secondary N) is 1. The minimum atomic E-state index is -0.0436. The van der Waals surface area contributed by atoms with Crippen LogP contribution < -0.4 is 5.32 Å². The minimum absolute atomic E-state index is 0.0436. The van der Waals surface area contributed by atoms with Gasteiger partial charge < -0.3 is 5.32 Å². The maximum atomic E-state index is 11.4. The topological polar surface area (TPSA) is 29.1 Å². The highest BCUT2D eigenvalue weighted by Gasteiger charge is 2.05. The Morgan fingerprint density at radius 2 is 2.33 bits per heavy atom. The normalized spacial score (nSPS) is 9.73. The summed E-state index contributed by atoms with van der Waals surface area (Å²) in [5.41, 5.74) is 0.691. The van der Waals surface area contributed by atoms with Crippen molar-refractivity contribution < 1.29 is 4.79 Å². The molecule has 0 aromatic heterocycles. The number of hydrogen-bond donors (Lipinski definition) is 1. The largest absolute Gasteiger partial charge is 0.325 e. The lowest BCUT2D eigenvalue weighted by Gasteiger charge is -2.06. The Kier molecular flexibility index (Phi) is 4.85. The molecule has 2 nitrogen and oxygen atoms in total. The van der Waals surface area contributed by atoms with Crippen molar-refractivity contribution in [2.75, 3.05) is 5.32 Å². The van der Waals surface area contributed by atoms with Crippen LogP contribution in [0.15, 0.2) is 35.3 Å². The van der Waals surface area contributed by atoms with Crippen LogP contribution in [0.4, 0.5) is 5.69 Å². The van der Waals surface area contributed by atoms with Gasteiger partial charge in [0.1, 0.15) is 0 Å². The number of allylic oxidation sites excluding steroid dienone is 1. The summed E-state index contributed by atoms with van der Waals surface area (Å²) in [4.78, 5) is 11.4. The Morgan fingerprint density at radius 3 is 3.00 bits per heavy atom. The molecule has 0 bridgehead atoms. The zero-order chi connectivity index (χ0) is 11.3. The van der Waals surface area contributed by atoms with Crippen LogP contribution in [0.2, 0.25) is 5.02 Å². The average Bonchev–Trinajstić information content (AvgIpc) is 2.20. The van der Waals surface area contributed by atoms with Crippen molar-refractivity contribution in [2.24, 2.45) is 0 Å². The summed E-state index contributed by atoms with van der Waals surface area (Å²) in [6.07, 6.45) is 2.82. The van der Waals surface area contributed by atoms with Gasteiger partial charge in [0.15, 0.2) is 0 Å². The van der Waals surface area contributed by atoms with Crippen LogP contribution in [0.5, 0.6) is 0 Å². The first kappa shape index (κ1) is 12.3. The Balaban J connectivity index is 2.67. The highest BCUT2D eigenvalue weighted by Crippen LogP contribution is 2.25. The fourth-order valence-corrected chi connectivity index (χ4v) is 1.56. The summed E-state index contributed by atoms with van der Waals surface area (Å²) in [6, 6.07) is 5.26. The fraction of sp³-hybridized carbons (Fsp3) is 0.182. The van der Waals surface area contributed by atoms with E-state index in [0.717, 1.165) is 4.47 Å². The monoisotopic (exact) mass is 287 g/mol. The van der Waals surface area contributed by atoms with Gasteiger partial charge in [-0.2, -0.15) is 0 Å². The standard InChI is InChI=1S/C11H11BrClNO/c1-2-3-4-11(15)14-10-7-8(13)5-6-9(10)12/h2,5-7H,1,3-4H2,(H,14,15). The third-order valence-electron chi connectivity index (χ3n) is 1.78. The summed E-state index contributed by atoms with van der Waals surface area (Å²) >= 11 is 9.15. The Hall–Kier alpha value is -0.800. The molecule has 15 heavy (non-hydrogen) atoms. The van der Waals surface area contributed by atoms with Gasteiger partial charge in [-0.15, -0.1) is 6.58 Å². The third kappa shape index (κ3) is 4.06. The van der Waals surface area contributed by atoms with E-state index in [0.29, 0.717) is 23.6 Å². The number of amides is 1. The first-order valence-electron chi connectivity index (χ1n) is 4.49. The van der Waals surface area contributed by atoms with E-state index in [1.165, 1.54) is 0 Å². The molecule has 0 saturated carbocycles. The van der Waals surface area contributed by atoms with Crippen molar-refractivity contribution in [3.8, 4) is 0 Å². The molecule has 1 amide bonds. The summed E-state index contributed by atoms with van der Waals surface area (Å²) in [5, 5.41) is 3.36. The maximum absolute atomic E-state index is 11.4. The average molecular weight is 289 g/mol. The van der Waals surface area contributed by atoms with Gasteiger partial charge >= 0.3 is 0 Å². The lowest BCUT2D eigenvalue weighted by atomic mass is 10.2. The number of halogens is 2. The molecule has 0 aliphatic carbocycles. The lowest BCUT2D eigenvalue weighted by molar-refractivity contribution is -0.116. The molecule has 0 atom stereocenters. The van der Waals surface area contributed by atoms with Crippen molar-refractivity contribution in [1.29, 1.82) is 0 Å². The van der Waals surface area contributed by atoms with E-state index < -0.39 is 0 Å². The third-order valence-corrected chi connectivity index (χ3v) is 2.70. The smallest absolute Gasteiger partial charge is 0.224 e. The summed E-state index contributed by atoms with van der Waals surface area (Å²) in [7, 11) is 0. The van der Waals surface area contributed by atoms with Gasteiger partial charge in [-0.25, -0.2) is 0 Å². The van der Waals surface area contributed by atoms with E-state index >= 15 is 0 Å². The Morgan fingerprint density at radius 1 is 1.60 bits per heavy atom. The molecule has 0 heterocycles. The van der Waals surface area contributed by atoms with Gasteiger partial charge in [-0.3, -0.25) is 4.79 Å². The van der Waals surface area contributed by atoms with E-state index in [1.54, 1.807) is 24.3 Å². The predicted octanol–water partition coefficient (Wildman–Crippen LogP) is 4.01. The van der Waals surface area contributed by atoms with Crippen molar-refractivity contribution in [3.63, 3.8) is 0 Å². The molecule has 0 saturated heterocycles. The van der Waals surface area contributed by atoms with E-state index in [1.807, 2.05) is 0 Å². The van der Waals surface area contributed by atoms with E-state index in [9.17, 15) is 4.79 Å². The van der Waals surface area contributed by atoms with E-state index in [-0.39, 0.29) is 5.91 Å². The summed E-state index contributed by atoms with van der Waals surface area (Å²) < 4.78 is 0.818. The SMILES string of the molecule is C=CCCC(=O)Nc1cc(Cl)ccc1Br. The molecule has 0 unspecified atom stereocenters. The van der Waals surface area contributed by atoms with Crippen LogP contribution in [0.1, 0.15) is 12.8 Å². The number of anilines is 1. The molecule has 1 aromatic rings. The molecule has 80 valence electrons. The number of carbonyl (C=O) groups is 1. The zero-order valence-electron chi connectivity index (χ0n) is 8.09. The second-order valence-corrected chi connectivity index (χ2v) is 4.29.